The van der Waals surface area contributed by atoms with E-state index < -0.39 is 20.0 Å². The van der Waals surface area contributed by atoms with Crippen molar-refractivity contribution in [3.8, 4) is 0 Å². The minimum atomic E-state index is -3.74. The van der Waals surface area contributed by atoms with Crippen LogP contribution in [0.15, 0.2) is 64.4 Å². The topological polar surface area (TPSA) is 78.0 Å². The summed E-state index contributed by atoms with van der Waals surface area (Å²) < 4.78 is 55.7. The Morgan fingerprint density at radius 2 is 1.38 bits per heavy atom. The van der Waals surface area contributed by atoms with E-state index in [1.165, 1.54) is 65.0 Å². The van der Waals surface area contributed by atoms with Crippen LogP contribution in [0.4, 0.5) is 0 Å². The summed E-state index contributed by atoms with van der Waals surface area (Å²) in [6, 6.07) is 15.7. The van der Waals surface area contributed by atoms with Crippen LogP contribution in [0.5, 0.6) is 0 Å². The molecule has 0 aromatic heterocycles. The molecule has 0 spiro atoms. The Hall–Kier alpha value is -1.78. The van der Waals surface area contributed by atoms with Gasteiger partial charge in [0.05, 0.1) is 9.79 Å². The van der Waals surface area contributed by atoms with Crippen molar-refractivity contribution in [2.75, 3.05) is 32.7 Å². The molecule has 1 heterocycles. The fraction of sp³-hybridized carbons (Fsp3) is 0.520. The van der Waals surface area contributed by atoms with Gasteiger partial charge < -0.3 is 0 Å². The molecule has 1 aliphatic heterocycles. The molecule has 1 saturated carbocycles. The largest absolute Gasteiger partial charge is 0.298 e. The lowest BCUT2D eigenvalue weighted by Gasteiger charge is -2.40. The number of benzene rings is 2. The van der Waals surface area contributed by atoms with Gasteiger partial charge in [0.25, 0.3) is 0 Å². The van der Waals surface area contributed by atoms with Gasteiger partial charge in [0.2, 0.25) is 20.0 Å². The first-order valence-corrected chi connectivity index (χ1v) is 15.1. The molecule has 0 unspecified atom stereocenters. The zero-order valence-electron chi connectivity index (χ0n) is 19.8. The summed E-state index contributed by atoms with van der Waals surface area (Å²) in [5.41, 5.74) is 0.902. The molecule has 0 atom stereocenters. The SMILES string of the molecule is CCN(Cc1ccccc1)S(=O)(=O)c1ccc(S(=O)(=O)N2CCN(C3CCCCC3)CC2)cc1. The summed E-state index contributed by atoms with van der Waals surface area (Å²) in [7, 11) is -7.39. The minimum absolute atomic E-state index is 0.103. The Balaban J connectivity index is 1.43. The van der Waals surface area contributed by atoms with Crippen LogP contribution in [0.1, 0.15) is 44.6 Å². The summed E-state index contributed by atoms with van der Waals surface area (Å²) >= 11 is 0. The lowest BCUT2D eigenvalue weighted by molar-refractivity contribution is 0.111. The van der Waals surface area contributed by atoms with Crippen LogP contribution < -0.4 is 0 Å². The van der Waals surface area contributed by atoms with Crippen molar-refractivity contribution >= 4 is 20.0 Å². The predicted molar refractivity (Wildman–Crippen MR) is 133 cm³/mol. The lowest BCUT2D eigenvalue weighted by atomic mass is 9.94. The first-order valence-electron chi connectivity index (χ1n) is 12.2. The van der Waals surface area contributed by atoms with Gasteiger partial charge >= 0.3 is 0 Å². The lowest BCUT2D eigenvalue weighted by Crippen LogP contribution is -2.52. The zero-order chi connectivity index (χ0) is 24.2. The van der Waals surface area contributed by atoms with E-state index in [0.717, 1.165) is 18.7 Å². The highest BCUT2D eigenvalue weighted by molar-refractivity contribution is 7.89. The Bertz CT molecular complexity index is 1140. The molecule has 0 N–H and O–H groups in total. The molecule has 4 rings (SSSR count). The predicted octanol–water partition coefficient (Wildman–Crippen LogP) is 3.54. The van der Waals surface area contributed by atoms with E-state index >= 15 is 0 Å². The van der Waals surface area contributed by atoms with Crippen LogP contribution in [0.3, 0.4) is 0 Å². The number of hydrogen-bond donors (Lipinski definition) is 0. The Morgan fingerprint density at radius 1 is 0.794 bits per heavy atom. The highest BCUT2D eigenvalue weighted by atomic mass is 32.2. The van der Waals surface area contributed by atoms with Crippen molar-refractivity contribution < 1.29 is 16.8 Å². The summed E-state index contributed by atoms with van der Waals surface area (Å²) in [6.45, 7) is 4.83. The van der Waals surface area contributed by atoms with Crippen molar-refractivity contribution in [3.63, 3.8) is 0 Å². The molecule has 186 valence electrons. The fourth-order valence-corrected chi connectivity index (χ4v) is 7.85. The Labute approximate surface area is 204 Å². The number of piperazine rings is 1. The minimum Gasteiger partial charge on any atom is -0.298 e. The van der Waals surface area contributed by atoms with E-state index in [2.05, 4.69) is 4.90 Å². The second-order valence-corrected chi connectivity index (χ2v) is 13.0. The fourth-order valence-electron chi connectivity index (χ4n) is 4.99. The number of nitrogens with zero attached hydrogens (tertiary/aromatic N) is 3. The van der Waals surface area contributed by atoms with Crippen molar-refractivity contribution in [1.29, 1.82) is 0 Å². The molecular formula is C25H35N3O4S2. The number of sulfonamides is 2. The first-order chi connectivity index (χ1) is 16.3. The normalized spacial score (nSPS) is 19.5. The second-order valence-electron chi connectivity index (χ2n) is 9.12. The first kappa shape index (κ1) is 25.3. The maximum atomic E-state index is 13.2. The van der Waals surface area contributed by atoms with Gasteiger partial charge in [0.1, 0.15) is 0 Å². The third kappa shape index (κ3) is 5.54. The molecule has 0 amide bonds. The molecular weight excluding hydrogens is 470 g/mol. The molecule has 2 fully saturated rings. The molecule has 7 nitrogen and oxygen atoms in total. The highest BCUT2D eigenvalue weighted by Gasteiger charge is 2.32. The molecule has 2 aliphatic rings. The summed E-state index contributed by atoms with van der Waals surface area (Å²) in [5.74, 6) is 0. The molecule has 34 heavy (non-hydrogen) atoms. The van der Waals surface area contributed by atoms with E-state index in [9.17, 15) is 16.8 Å². The van der Waals surface area contributed by atoms with Gasteiger partial charge in [-0.25, -0.2) is 16.8 Å². The smallest absolute Gasteiger partial charge is 0.243 e. The van der Waals surface area contributed by atoms with Crippen LogP contribution >= 0.6 is 0 Å². The van der Waals surface area contributed by atoms with Crippen LogP contribution in [-0.4, -0.2) is 69.1 Å². The maximum Gasteiger partial charge on any atom is 0.243 e. The molecule has 9 heteroatoms. The molecule has 1 saturated heterocycles. The summed E-state index contributed by atoms with van der Waals surface area (Å²) in [5, 5.41) is 0. The van der Waals surface area contributed by atoms with Crippen molar-refractivity contribution in [2.45, 2.75) is 61.4 Å². The van der Waals surface area contributed by atoms with Gasteiger partial charge in [0.15, 0.2) is 0 Å². The van der Waals surface area contributed by atoms with Crippen molar-refractivity contribution in [2.24, 2.45) is 0 Å². The van der Waals surface area contributed by atoms with E-state index in [-0.39, 0.29) is 16.3 Å². The van der Waals surface area contributed by atoms with E-state index in [1.807, 2.05) is 30.3 Å². The average molecular weight is 506 g/mol. The second kappa shape index (κ2) is 10.9. The standard InChI is InChI=1S/C25H35N3O4S2/c1-2-27(21-22-9-5-3-6-10-22)33(29,30)24-13-15-25(16-14-24)34(31,32)28-19-17-26(18-20-28)23-11-7-4-8-12-23/h3,5-6,9-10,13-16,23H,2,4,7-8,11-12,17-21H2,1H3. The van der Waals surface area contributed by atoms with Gasteiger partial charge in [-0.2, -0.15) is 8.61 Å². The molecule has 0 radical (unpaired) electrons. The zero-order valence-corrected chi connectivity index (χ0v) is 21.5. The summed E-state index contributed by atoms with van der Waals surface area (Å²) in [6.07, 6.45) is 6.25. The molecule has 2 aromatic rings. The van der Waals surface area contributed by atoms with Gasteiger partial charge in [-0.3, -0.25) is 4.90 Å². The van der Waals surface area contributed by atoms with Crippen molar-refractivity contribution in [3.05, 3.63) is 60.2 Å². The van der Waals surface area contributed by atoms with Gasteiger partial charge in [-0.15, -0.1) is 0 Å². The molecule has 0 bridgehead atoms. The monoisotopic (exact) mass is 505 g/mol. The van der Waals surface area contributed by atoms with Crippen LogP contribution in [0.2, 0.25) is 0 Å². The van der Waals surface area contributed by atoms with Crippen molar-refractivity contribution in [1.82, 2.24) is 13.5 Å². The maximum absolute atomic E-state index is 13.2. The highest BCUT2D eigenvalue weighted by Crippen LogP contribution is 2.26. The summed E-state index contributed by atoms with van der Waals surface area (Å²) in [4.78, 5) is 2.68. The van der Waals surface area contributed by atoms with Crippen LogP contribution in [0, 0.1) is 0 Å². The Morgan fingerprint density at radius 3 is 1.97 bits per heavy atom. The van der Waals surface area contributed by atoms with Crippen LogP contribution in [-0.2, 0) is 26.6 Å². The number of rotatable bonds is 8. The quantitative estimate of drug-likeness (QED) is 0.548. The van der Waals surface area contributed by atoms with Gasteiger partial charge in [-0.1, -0.05) is 56.5 Å². The average Bonchev–Trinajstić information content (AvgIpc) is 2.88. The van der Waals surface area contributed by atoms with E-state index in [0.29, 0.717) is 25.7 Å². The third-order valence-corrected chi connectivity index (χ3v) is 10.9. The van der Waals surface area contributed by atoms with Crippen LogP contribution in [0.25, 0.3) is 0 Å². The number of hydrogen-bond acceptors (Lipinski definition) is 5. The molecule has 2 aromatic carbocycles. The van der Waals surface area contributed by atoms with Gasteiger partial charge in [0, 0.05) is 45.3 Å². The van der Waals surface area contributed by atoms with E-state index in [1.54, 1.807) is 6.92 Å². The van der Waals surface area contributed by atoms with Gasteiger partial charge in [-0.05, 0) is 42.7 Å². The molecule has 1 aliphatic carbocycles. The Kier molecular flexibility index (Phi) is 8.09. The third-order valence-electron chi connectivity index (χ3n) is 7.02. The van der Waals surface area contributed by atoms with E-state index in [4.69, 9.17) is 0 Å².